The molecular weight excluding hydrogens is 270 g/mol. The maximum atomic E-state index is 12.3. The molecular formula is C16H24NO4+. The Morgan fingerprint density at radius 2 is 1.76 bits per heavy atom. The minimum absolute atomic E-state index is 0.156. The number of aryl methyl sites for hydroxylation is 1. The summed E-state index contributed by atoms with van der Waals surface area (Å²) in [5.74, 6) is -0.874. The lowest BCUT2D eigenvalue weighted by Crippen LogP contribution is -2.86. The highest BCUT2D eigenvalue weighted by Crippen LogP contribution is 2.33. The Kier molecular flexibility index (Phi) is 4.42. The van der Waals surface area contributed by atoms with E-state index in [1.165, 1.54) is 12.1 Å². The number of hydrogen-bond acceptors (Lipinski definition) is 4. The fourth-order valence-electron chi connectivity index (χ4n) is 2.95. The van der Waals surface area contributed by atoms with Crippen LogP contribution in [0.2, 0.25) is 0 Å². The molecule has 1 heterocycles. The molecule has 0 amide bonds. The van der Waals surface area contributed by atoms with Gasteiger partial charge in [-0.15, -0.1) is 0 Å². The topological polar surface area (TPSA) is 83.4 Å². The number of phenolic OH excluding ortho intramolecular Hbond substituents is 2. The summed E-state index contributed by atoms with van der Waals surface area (Å²) in [5.41, 5.74) is -0.0885. The molecule has 21 heavy (non-hydrogen) atoms. The Morgan fingerprint density at radius 1 is 1.24 bits per heavy atom. The second-order valence-corrected chi connectivity index (χ2v) is 6.31. The monoisotopic (exact) mass is 294 g/mol. The standard InChI is InChI=1S/C16H23NO4/c1-10-8-12(18)14(13(19)9-10)15(20)21-16(2,3)11-4-6-17-7-5-11/h8-9,11,17-19H,4-7H2,1-3H3/p+1. The molecule has 0 unspecified atom stereocenters. The smallest absolute Gasteiger partial charge is 0.346 e. The molecule has 1 aromatic carbocycles. The number of quaternary nitrogens is 1. The van der Waals surface area contributed by atoms with Crippen molar-refractivity contribution in [3.8, 4) is 11.5 Å². The lowest BCUT2D eigenvalue weighted by molar-refractivity contribution is -0.665. The Morgan fingerprint density at radius 3 is 2.29 bits per heavy atom. The summed E-state index contributed by atoms with van der Waals surface area (Å²) >= 11 is 0. The van der Waals surface area contributed by atoms with Crippen LogP contribution in [0.25, 0.3) is 0 Å². The molecule has 0 aliphatic carbocycles. The Balaban J connectivity index is 2.17. The third kappa shape index (κ3) is 3.47. The van der Waals surface area contributed by atoms with Crippen molar-refractivity contribution in [3.63, 3.8) is 0 Å². The summed E-state index contributed by atoms with van der Waals surface area (Å²) in [6.07, 6.45) is 1.98. The van der Waals surface area contributed by atoms with Gasteiger partial charge in [-0.05, 0) is 38.5 Å². The number of carbonyl (C=O) groups is 1. The van der Waals surface area contributed by atoms with E-state index in [0.29, 0.717) is 11.5 Å². The normalized spacial score (nSPS) is 16.7. The Bertz CT molecular complexity index is 510. The lowest BCUT2D eigenvalue weighted by Gasteiger charge is -2.35. The van der Waals surface area contributed by atoms with Crippen LogP contribution in [-0.4, -0.2) is 34.9 Å². The van der Waals surface area contributed by atoms with E-state index in [4.69, 9.17) is 4.74 Å². The van der Waals surface area contributed by atoms with Gasteiger partial charge in [0.15, 0.2) is 0 Å². The molecule has 1 aromatic rings. The van der Waals surface area contributed by atoms with Crippen molar-refractivity contribution in [3.05, 3.63) is 23.3 Å². The Hall–Kier alpha value is -1.75. The first-order valence-corrected chi connectivity index (χ1v) is 7.39. The van der Waals surface area contributed by atoms with E-state index in [9.17, 15) is 15.0 Å². The van der Waals surface area contributed by atoms with Gasteiger partial charge in [-0.1, -0.05) is 0 Å². The minimum atomic E-state index is -0.676. The van der Waals surface area contributed by atoms with E-state index in [-0.39, 0.29) is 17.1 Å². The largest absolute Gasteiger partial charge is 0.507 e. The zero-order valence-corrected chi connectivity index (χ0v) is 12.8. The average Bonchev–Trinajstić information content (AvgIpc) is 2.37. The van der Waals surface area contributed by atoms with Crippen molar-refractivity contribution >= 4 is 5.97 Å². The van der Waals surface area contributed by atoms with Gasteiger partial charge in [0.1, 0.15) is 22.7 Å². The summed E-state index contributed by atoms with van der Waals surface area (Å²) in [6.45, 7) is 7.59. The third-order valence-electron chi connectivity index (χ3n) is 4.22. The molecule has 0 radical (unpaired) electrons. The molecule has 5 heteroatoms. The van der Waals surface area contributed by atoms with Gasteiger partial charge in [0.05, 0.1) is 13.1 Å². The van der Waals surface area contributed by atoms with Crippen LogP contribution in [0.15, 0.2) is 12.1 Å². The van der Waals surface area contributed by atoms with E-state index in [0.717, 1.165) is 25.9 Å². The quantitative estimate of drug-likeness (QED) is 0.734. The SMILES string of the molecule is Cc1cc(O)c(C(=O)OC(C)(C)C2CC[NH2+]CC2)c(O)c1. The molecule has 0 bridgehead atoms. The van der Waals surface area contributed by atoms with Gasteiger partial charge in [-0.25, -0.2) is 4.79 Å². The second kappa shape index (κ2) is 5.93. The highest BCUT2D eigenvalue weighted by molar-refractivity contribution is 5.95. The molecule has 2 rings (SSSR count). The molecule has 4 N–H and O–H groups in total. The van der Waals surface area contributed by atoms with Crippen LogP contribution in [0.1, 0.15) is 42.6 Å². The number of esters is 1. The predicted octanol–water partition coefficient (Wildman–Crippen LogP) is 1.32. The van der Waals surface area contributed by atoms with Crippen molar-refractivity contribution < 1.29 is 25.1 Å². The summed E-state index contributed by atoms with van der Waals surface area (Å²) in [6, 6.07) is 2.89. The molecule has 1 fully saturated rings. The third-order valence-corrected chi connectivity index (χ3v) is 4.22. The number of piperidine rings is 1. The Labute approximate surface area is 124 Å². The van der Waals surface area contributed by atoms with Crippen LogP contribution >= 0.6 is 0 Å². The van der Waals surface area contributed by atoms with Crippen LogP contribution < -0.4 is 5.32 Å². The number of carbonyl (C=O) groups excluding carboxylic acids is 1. The first kappa shape index (κ1) is 15.6. The lowest BCUT2D eigenvalue weighted by atomic mass is 9.83. The van der Waals surface area contributed by atoms with Crippen LogP contribution in [0.5, 0.6) is 11.5 Å². The van der Waals surface area contributed by atoms with Crippen molar-refractivity contribution in [2.24, 2.45) is 5.92 Å². The van der Waals surface area contributed by atoms with Gasteiger partial charge >= 0.3 is 5.97 Å². The fraction of sp³-hybridized carbons (Fsp3) is 0.562. The van der Waals surface area contributed by atoms with Gasteiger partial charge in [-0.3, -0.25) is 0 Å². The van der Waals surface area contributed by atoms with E-state index < -0.39 is 11.6 Å². The van der Waals surface area contributed by atoms with Gasteiger partial charge in [0.2, 0.25) is 0 Å². The number of benzene rings is 1. The number of nitrogens with two attached hydrogens (primary N) is 1. The van der Waals surface area contributed by atoms with Gasteiger partial charge in [0.25, 0.3) is 0 Å². The van der Waals surface area contributed by atoms with Crippen molar-refractivity contribution in [1.82, 2.24) is 0 Å². The van der Waals surface area contributed by atoms with Crippen molar-refractivity contribution in [2.45, 2.75) is 39.2 Å². The number of phenols is 2. The summed E-state index contributed by atoms with van der Waals surface area (Å²) < 4.78 is 5.59. The maximum absolute atomic E-state index is 12.3. The van der Waals surface area contributed by atoms with Crippen molar-refractivity contribution in [1.29, 1.82) is 0 Å². The highest BCUT2D eigenvalue weighted by atomic mass is 16.6. The highest BCUT2D eigenvalue weighted by Gasteiger charge is 2.36. The van der Waals surface area contributed by atoms with E-state index in [1.807, 2.05) is 13.8 Å². The van der Waals surface area contributed by atoms with Crippen molar-refractivity contribution in [2.75, 3.05) is 13.1 Å². The van der Waals surface area contributed by atoms with E-state index in [1.54, 1.807) is 6.92 Å². The molecule has 0 aromatic heterocycles. The van der Waals surface area contributed by atoms with Crippen LogP contribution in [0.4, 0.5) is 0 Å². The molecule has 116 valence electrons. The molecule has 1 aliphatic rings. The zero-order chi connectivity index (χ0) is 15.6. The number of ether oxygens (including phenoxy) is 1. The summed E-state index contributed by atoms with van der Waals surface area (Å²) in [5, 5.41) is 22.0. The zero-order valence-electron chi connectivity index (χ0n) is 12.8. The fourth-order valence-corrected chi connectivity index (χ4v) is 2.95. The van der Waals surface area contributed by atoms with Crippen LogP contribution in [-0.2, 0) is 4.74 Å². The molecule has 0 saturated carbocycles. The summed E-state index contributed by atoms with van der Waals surface area (Å²) in [7, 11) is 0. The summed E-state index contributed by atoms with van der Waals surface area (Å²) in [4.78, 5) is 12.3. The van der Waals surface area contributed by atoms with E-state index >= 15 is 0 Å². The van der Waals surface area contributed by atoms with Gasteiger partial charge < -0.3 is 20.3 Å². The van der Waals surface area contributed by atoms with Crippen LogP contribution in [0, 0.1) is 12.8 Å². The molecule has 1 aliphatic heterocycles. The maximum Gasteiger partial charge on any atom is 0.346 e. The van der Waals surface area contributed by atoms with Crippen LogP contribution in [0.3, 0.4) is 0 Å². The number of aromatic hydroxyl groups is 2. The first-order valence-electron chi connectivity index (χ1n) is 7.39. The number of rotatable bonds is 3. The number of hydrogen-bond donors (Lipinski definition) is 3. The van der Waals surface area contributed by atoms with Gasteiger partial charge in [-0.2, -0.15) is 0 Å². The molecule has 1 saturated heterocycles. The molecule has 5 nitrogen and oxygen atoms in total. The minimum Gasteiger partial charge on any atom is -0.507 e. The first-order chi connectivity index (χ1) is 9.81. The second-order valence-electron chi connectivity index (χ2n) is 6.31. The molecule has 0 atom stereocenters. The molecule has 0 spiro atoms. The predicted molar refractivity (Wildman–Crippen MR) is 78.4 cm³/mol. The van der Waals surface area contributed by atoms with Gasteiger partial charge in [0, 0.05) is 18.8 Å². The average molecular weight is 294 g/mol. The van der Waals surface area contributed by atoms with E-state index in [2.05, 4.69) is 5.32 Å².